The second-order valence-corrected chi connectivity index (χ2v) is 12.8. The van der Waals surface area contributed by atoms with Crippen LogP contribution < -0.4 is 10.5 Å². The van der Waals surface area contributed by atoms with Crippen LogP contribution in [0.2, 0.25) is 0 Å². The maximum absolute atomic E-state index is 15.2. The lowest BCUT2D eigenvalue weighted by Gasteiger charge is -2.44. The fourth-order valence-electron chi connectivity index (χ4n) is 4.62. The molecule has 0 bridgehead atoms. The normalized spacial score (nSPS) is 26.4. The number of Topliss-reactive ketones (excluding diaryl/α,β-unsaturated/α-hetero) is 1. The highest BCUT2D eigenvalue weighted by molar-refractivity contribution is 7.96. The quantitative estimate of drug-likeness (QED) is 0.387. The van der Waals surface area contributed by atoms with Crippen molar-refractivity contribution in [3.05, 3.63) is 53.2 Å². The molecule has 0 fully saturated rings. The summed E-state index contributed by atoms with van der Waals surface area (Å²) in [4.78, 5) is 24.9. The molecular formula is C24H26F5N5O3S. The van der Waals surface area contributed by atoms with Crippen LogP contribution >= 0.6 is 0 Å². The number of rotatable bonds is 8. The minimum atomic E-state index is -4.37. The van der Waals surface area contributed by atoms with Crippen LogP contribution in [0.25, 0.3) is 0 Å². The van der Waals surface area contributed by atoms with Gasteiger partial charge in [0, 0.05) is 18.5 Å². The minimum Gasteiger partial charge on any atom is -0.470 e. The first-order chi connectivity index (χ1) is 17.6. The lowest BCUT2D eigenvalue weighted by molar-refractivity contribution is -0.148. The largest absolute Gasteiger partial charge is 0.470 e. The molecule has 0 amide bonds. The second-order valence-electron chi connectivity index (χ2n) is 9.86. The zero-order valence-electron chi connectivity index (χ0n) is 20.8. The number of nitrogens with two attached hydrogens (primary N) is 1. The number of aliphatic imine (C=N–C) groups is 1. The lowest BCUT2D eigenvalue weighted by Crippen LogP contribution is -2.58. The molecule has 8 nitrogen and oxygen atoms in total. The summed E-state index contributed by atoms with van der Waals surface area (Å²) >= 11 is 0. The zero-order chi connectivity index (χ0) is 28.1. The summed E-state index contributed by atoms with van der Waals surface area (Å²) in [5.41, 5.74) is 5.33. The Balaban J connectivity index is 1.57. The van der Waals surface area contributed by atoms with E-state index < -0.39 is 61.7 Å². The van der Waals surface area contributed by atoms with Crippen LogP contribution in [0.5, 0.6) is 5.88 Å². The molecule has 2 N–H and O–H groups in total. The van der Waals surface area contributed by atoms with Crippen LogP contribution in [0.15, 0.2) is 39.9 Å². The summed E-state index contributed by atoms with van der Waals surface area (Å²) < 4.78 is 87.6. The number of halogens is 5. The molecule has 0 saturated heterocycles. The second kappa shape index (κ2) is 9.54. The van der Waals surface area contributed by atoms with E-state index in [0.717, 1.165) is 12.4 Å². The number of carbonyl (C=O) groups is 1. The van der Waals surface area contributed by atoms with Gasteiger partial charge in [0.25, 0.3) is 0 Å². The number of alkyl halides is 4. The fraction of sp³-hybridized carbons (Fsp3) is 0.500. The maximum atomic E-state index is 15.2. The number of hydrogen-bond acceptors (Lipinski definition) is 8. The molecule has 3 atom stereocenters. The molecule has 2 aliphatic heterocycles. The third-order valence-corrected chi connectivity index (χ3v) is 10.7. The van der Waals surface area contributed by atoms with Gasteiger partial charge in [-0.1, -0.05) is 6.07 Å². The van der Waals surface area contributed by atoms with Crippen LogP contribution in [0.4, 0.5) is 22.0 Å². The average Bonchev–Trinajstić information content (AvgIpc) is 3.28. The smallest absolute Gasteiger partial charge is 0.340 e. The summed E-state index contributed by atoms with van der Waals surface area (Å²) in [6, 6.07) is 4.07. The molecular weight excluding hydrogens is 533 g/mol. The van der Waals surface area contributed by atoms with Crippen molar-refractivity contribution >= 4 is 21.3 Å². The van der Waals surface area contributed by atoms with Crippen LogP contribution in [-0.2, 0) is 21.7 Å². The van der Waals surface area contributed by atoms with Crippen molar-refractivity contribution < 1.29 is 35.7 Å². The van der Waals surface area contributed by atoms with Gasteiger partial charge < -0.3 is 10.5 Å². The Morgan fingerprint density at radius 2 is 1.95 bits per heavy atom. The molecule has 0 saturated carbocycles. The van der Waals surface area contributed by atoms with Crippen LogP contribution in [-0.4, -0.2) is 61.3 Å². The summed E-state index contributed by atoms with van der Waals surface area (Å²) in [6.07, 6.45) is -1.86. The molecule has 3 heterocycles. The SMILES string of the molecule is CC1(C)C(N)=N[C@](C)(c2cc(CC(=O)c3cnc(OCC(F)(F)C(F)F)cn3)ccc2F)[C@@H]2CCN=[S@@]21=O. The summed E-state index contributed by atoms with van der Waals surface area (Å²) in [7, 11) is -2.88. The van der Waals surface area contributed by atoms with Crippen molar-refractivity contribution in [3.8, 4) is 5.88 Å². The van der Waals surface area contributed by atoms with Crippen molar-refractivity contribution in [1.82, 2.24) is 9.97 Å². The van der Waals surface area contributed by atoms with Crippen molar-refractivity contribution in [1.29, 1.82) is 0 Å². The van der Waals surface area contributed by atoms with Crippen molar-refractivity contribution in [2.75, 3.05) is 13.2 Å². The highest BCUT2D eigenvalue weighted by Gasteiger charge is 2.56. The van der Waals surface area contributed by atoms with E-state index in [1.807, 2.05) is 0 Å². The standard InChI is InChI=1S/C24H26F5N5O3S/c1-22(2)21(30)34-23(3,18-6-7-33-38(18,22)36)14-8-13(4-5-15(14)25)9-17(35)16-10-32-19(11-31-16)37-12-24(28,29)20(26)27/h4-5,8,10-11,18,20H,6-7,9,12H2,1-3H3,(H2,30,34)/t18-,23+,38+/m0/s1. The van der Waals surface area contributed by atoms with E-state index in [1.54, 1.807) is 20.8 Å². The third kappa shape index (κ3) is 4.63. The number of hydrogen-bond donors (Lipinski definition) is 1. The predicted molar refractivity (Wildman–Crippen MR) is 130 cm³/mol. The van der Waals surface area contributed by atoms with E-state index in [0.29, 0.717) is 18.5 Å². The van der Waals surface area contributed by atoms with Crippen LogP contribution in [0, 0.1) is 5.82 Å². The molecule has 4 rings (SSSR count). The van der Waals surface area contributed by atoms with E-state index in [4.69, 9.17) is 5.73 Å². The molecule has 2 aromatic rings. The van der Waals surface area contributed by atoms with E-state index in [2.05, 4.69) is 24.1 Å². The van der Waals surface area contributed by atoms with Gasteiger partial charge in [-0.2, -0.15) is 8.78 Å². The van der Waals surface area contributed by atoms with Crippen LogP contribution in [0.1, 0.15) is 48.8 Å². The van der Waals surface area contributed by atoms with E-state index in [1.165, 1.54) is 18.2 Å². The Bertz CT molecular complexity index is 1410. The summed E-state index contributed by atoms with van der Waals surface area (Å²) in [5, 5.41) is -0.589. The Morgan fingerprint density at radius 1 is 1.24 bits per heavy atom. The Morgan fingerprint density at radius 3 is 2.58 bits per heavy atom. The molecule has 1 aromatic carbocycles. The molecule has 0 aliphatic carbocycles. The van der Waals surface area contributed by atoms with Crippen molar-refractivity contribution in [3.63, 3.8) is 0 Å². The molecule has 0 radical (unpaired) electrons. The number of ether oxygens (including phenoxy) is 1. The number of benzene rings is 1. The van der Waals surface area contributed by atoms with Crippen LogP contribution in [0.3, 0.4) is 0 Å². The molecule has 1 aromatic heterocycles. The Hall–Kier alpha value is -3.16. The molecule has 206 valence electrons. The van der Waals surface area contributed by atoms with Gasteiger partial charge in [-0.25, -0.2) is 31.7 Å². The topological polar surface area (TPSA) is 120 Å². The molecule has 0 spiro atoms. The number of amidine groups is 1. The number of ketones is 1. The molecule has 2 aliphatic rings. The first-order valence-electron chi connectivity index (χ1n) is 11.6. The highest BCUT2D eigenvalue weighted by atomic mass is 32.2. The van der Waals surface area contributed by atoms with Gasteiger partial charge >= 0.3 is 12.3 Å². The van der Waals surface area contributed by atoms with Gasteiger partial charge in [-0.05, 0) is 44.9 Å². The van der Waals surface area contributed by atoms with Gasteiger partial charge in [-0.3, -0.25) is 9.79 Å². The van der Waals surface area contributed by atoms with Gasteiger partial charge in [0.15, 0.2) is 12.4 Å². The maximum Gasteiger partial charge on any atom is 0.340 e. The number of nitrogens with zero attached hydrogens (tertiary/aromatic N) is 4. The van der Waals surface area contributed by atoms with Gasteiger partial charge in [0.1, 0.15) is 27.6 Å². The summed E-state index contributed by atoms with van der Waals surface area (Å²) in [5.74, 6) is -5.85. The Labute approximate surface area is 216 Å². The molecule has 0 unspecified atom stereocenters. The number of aromatic nitrogens is 2. The Kier molecular flexibility index (Phi) is 7.00. The fourth-order valence-corrected chi connectivity index (χ4v) is 7.78. The van der Waals surface area contributed by atoms with Crippen molar-refractivity contribution in [2.45, 2.75) is 61.5 Å². The average molecular weight is 560 g/mol. The number of fused-ring (bicyclic) bond motifs is 1. The van der Waals surface area contributed by atoms with E-state index in [-0.39, 0.29) is 23.5 Å². The zero-order valence-corrected chi connectivity index (χ0v) is 21.6. The van der Waals surface area contributed by atoms with Crippen molar-refractivity contribution in [2.24, 2.45) is 15.1 Å². The van der Waals surface area contributed by atoms with Gasteiger partial charge in [0.2, 0.25) is 5.88 Å². The third-order valence-electron chi connectivity index (χ3n) is 6.97. The molecule has 14 heteroatoms. The summed E-state index contributed by atoms with van der Waals surface area (Å²) in [6.45, 7) is 3.81. The predicted octanol–water partition coefficient (Wildman–Crippen LogP) is 3.93. The van der Waals surface area contributed by atoms with E-state index >= 15 is 4.39 Å². The van der Waals surface area contributed by atoms with Gasteiger partial charge in [-0.15, -0.1) is 0 Å². The first kappa shape index (κ1) is 27.9. The minimum absolute atomic E-state index is 0.108. The number of carbonyl (C=O) groups excluding carboxylic acids is 1. The monoisotopic (exact) mass is 559 g/mol. The van der Waals surface area contributed by atoms with E-state index in [9.17, 15) is 26.6 Å². The molecule has 38 heavy (non-hydrogen) atoms. The lowest BCUT2D eigenvalue weighted by atomic mass is 9.84. The highest BCUT2D eigenvalue weighted by Crippen LogP contribution is 2.47. The first-order valence-corrected chi connectivity index (χ1v) is 13.2. The van der Waals surface area contributed by atoms with Gasteiger partial charge in [0.05, 0.1) is 27.4 Å².